The van der Waals surface area contributed by atoms with Gasteiger partial charge in [-0.1, -0.05) is 103 Å². The highest BCUT2D eigenvalue weighted by Crippen LogP contribution is 2.41. The van der Waals surface area contributed by atoms with Gasteiger partial charge in [0.05, 0.1) is 46.8 Å². The average Bonchev–Trinajstić information content (AvgIpc) is 1.08. The highest BCUT2D eigenvalue weighted by atomic mass is 32.1. The normalized spacial score (nSPS) is 20.9. The Morgan fingerprint density at radius 2 is 1.67 bits per heavy atom. The fourth-order valence-electron chi connectivity index (χ4n) is 13.8. The molecule has 9 heterocycles. The average molecular weight is 1280 g/mol. The summed E-state index contributed by atoms with van der Waals surface area (Å²) >= 11 is 1.58. The lowest BCUT2D eigenvalue weighted by molar-refractivity contribution is -0.141. The minimum atomic E-state index is -0.873. The number of nitrogens with one attached hydrogen (secondary N) is 3. The summed E-state index contributed by atoms with van der Waals surface area (Å²) in [7, 11) is 0. The van der Waals surface area contributed by atoms with Crippen LogP contribution in [0, 0.1) is 24.1 Å². The lowest BCUT2D eigenvalue weighted by atomic mass is 9.82. The molecule has 0 spiro atoms. The van der Waals surface area contributed by atoms with Gasteiger partial charge in [0.25, 0.3) is 0 Å². The van der Waals surface area contributed by atoms with Crippen molar-refractivity contribution in [1.29, 1.82) is 0 Å². The number of aromatic nitrogens is 5. The van der Waals surface area contributed by atoms with Gasteiger partial charge in [-0.05, 0) is 117 Å². The molecule has 0 saturated carbocycles. The Morgan fingerprint density at radius 1 is 0.924 bits per heavy atom. The van der Waals surface area contributed by atoms with Crippen molar-refractivity contribution in [3.63, 3.8) is 0 Å². The van der Waals surface area contributed by atoms with Crippen LogP contribution in [-0.2, 0) is 20.7 Å². The first-order valence-electron chi connectivity index (χ1n) is 33.4. The van der Waals surface area contributed by atoms with Crippen LogP contribution < -0.4 is 30.5 Å². The number of hydrogen-bond donors (Lipinski definition) is 5. The monoisotopic (exact) mass is 1280 g/mol. The van der Waals surface area contributed by atoms with Gasteiger partial charge in [-0.3, -0.25) is 14.6 Å². The minimum absolute atomic E-state index is 0.0126. The number of likely N-dealkylation sites (tertiary alicyclic amines) is 1. The van der Waals surface area contributed by atoms with Crippen LogP contribution in [0.4, 0.5) is 20.8 Å². The molecular weight excluding hydrogens is 1190 g/mol. The number of aromatic hydroxyl groups is 1. The summed E-state index contributed by atoms with van der Waals surface area (Å²) in [6.45, 7) is 24.2. The van der Waals surface area contributed by atoms with E-state index in [0.29, 0.717) is 86.5 Å². The van der Waals surface area contributed by atoms with Crippen LogP contribution in [0.3, 0.4) is 0 Å². The van der Waals surface area contributed by atoms with Crippen molar-refractivity contribution >= 4 is 62.6 Å². The fraction of sp³-hybridized carbons (Fsp3) is 0.543. The summed E-state index contributed by atoms with van der Waals surface area (Å²) in [6, 6.07) is 18.6. The number of phenolic OH excluding ortho intramolecular Hbond substituents is 1. The van der Waals surface area contributed by atoms with E-state index in [1.165, 1.54) is 4.90 Å². The molecule has 0 aliphatic carbocycles. The summed E-state index contributed by atoms with van der Waals surface area (Å²) in [6.07, 6.45) is 7.61. The topological polar surface area (TPSA) is 237 Å². The summed E-state index contributed by atoms with van der Waals surface area (Å²) < 4.78 is 36.0. The van der Waals surface area contributed by atoms with Crippen LogP contribution in [0.2, 0.25) is 0 Å². The zero-order valence-corrected chi connectivity index (χ0v) is 56.0. The number of aryl methyl sites for hydroxylation is 2. The molecule has 22 heteroatoms. The largest absolute Gasteiger partial charge is 0.508 e. The van der Waals surface area contributed by atoms with Crippen molar-refractivity contribution in [3.05, 3.63) is 101 Å². The van der Waals surface area contributed by atoms with Gasteiger partial charge >= 0.3 is 12.1 Å². The van der Waals surface area contributed by atoms with Crippen molar-refractivity contribution in [2.45, 2.75) is 169 Å². The molecule has 20 nitrogen and oxygen atoms in total. The van der Waals surface area contributed by atoms with Gasteiger partial charge in [0.2, 0.25) is 11.8 Å². The maximum Gasteiger partial charge on any atom is 0.409 e. The number of benzene rings is 3. The van der Waals surface area contributed by atoms with Gasteiger partial charge in [0.1, 0.15) is 34.7 Å². The number of nitrogens with zero attached hydrogens (tertiary/aromatic N) is 9. The molecule has 12 rings (SSSR count). The number of carbonyl (C=O) groups is 3. The highest BCUT2D eigenvalue weighted by molar-refractivity contribution is 7.13. The molecule has 2 bridgehead atoms. The molecular formula is C70H93FN12O8S. The Balaban J connectivity index is 0.00000227. The molecule has 5 N–H and O–H groups in total. The second kappa shape index (κ2) is 30.0. The number of anilines is 2. The van der Waals surface area contributed by atoms with Crippen LogP contribution in [0.1, 0.15) is 148 Å². The molecule has 3 amide bonds. The maximum atomic E-state index is 17.4. The molecule has 8 atom stereocenters. The second-order valence-corrected chi connectivity index (χ2v) is 26.4. The highest BCUT2D eigenvalue weighted by Gasteiger charge is 2.44. The molecule has 494 valence electrons. The zero-order chi connectivity index (χ0) is 65.4. The van der Waals surface area contributed by atoms with Crippen molar-refractivity contribution in [2.24, 2.45) is 11.3 Å². The third-order valence-electron chi connectivity index (χ3n) is 18.8. The molecule has 4 aromatic heterocycles. The fourth-order valence-corrected chi connectivity index (χ4v) is 14.6. The van der Waals surface area contributed by atoms with Crippen molar-refractivity contribution in [1.82, 2.24) is 50.8 Å². The van der Waals surface area contributed by atoms with E-state index >= 15 is 4.39 Å². The van der Waals surface area contributed by atoms with Gasteiger partial charge in [0.15, 0.2) is 17.4 Å². The molecule has 92 heavy (non-hydrogen) atoms. The van der Waals surface area contributed by atoms with Gasteiger partial charge < -0.3 is 59.8 Å². The maximum absolute atomic E-state index is 17.4. The number of rotatable bonds is 20. The van der Waals surface area contributed by atoms with Gasteiger partial charge in [-0.2, -0.15) is 9.97 Å². The lowest BCUT2D eigenvalue weighted by Gasteiger charge is -2.35. The number of halogens is 1. The number of ether oxygens (including phenoxy) is 2. The number of thiazole rings is 1. The SMILES string of the molecule is CC.CC.CCc1cccc2cc(O)cc(-c3ncc4c(N5CC6CCC(C5)N6)nc(OCC[C@@](C)(CCC5CCCN5)COC(=O)N5CCN(c6cc(C(C(=O)N7C[C@H](O)C[C@H]7C(=O)N[C@@H](C)c7ccc(-c8scnc8C)cc7)C(C)C)on6)CC5)nc4c3F)c12. The Hall–Kier alpha value is -7.53. The molecule has 5 aliphatic rings. The van der Waals surface area contributed by atoms with Crippen LogP contribution >= 0.6 is 11.3 Å². The smallest absolute Gasteiger partial charge is 0.409 e. The van der Waals surface area contributed by atoms with E-state index in [4.69, 9.17) is 28.9 Å². The van der Waals surface area contributed by atoms with Crippen molar-refractivity contribution < 1.29 is 43.0 Å². The van der Waals surface area contributed by atoms with E-state index in [9.17, 15) is 24.6 Å². The number of aliphatic hydroxyl groups is 1. The second-order valence-electron chi connectivity index (χ2n) is 25.5. The van der Waals surface area contributed by atoms with Crippen LogP contribution in [0.5, 0.6) is 11.8 Å². The third-order valence-corrected chi connectivity index (χ3v) is 19.8. The third kappa shape index (κ3) is 14.9. The Kier molecular flexibility index (Phi) is 22.0. The lowest BCUT2D eigenvalue weighted by Crippen LogP contribution is -2.51. The molecule has 5 aliphatic heterocycles. The molecule has 7 aromatic rings. The number of amides is 3. The summed E-state index contributed by atoms with van der Waals surface area (Å²) in [5.41, 5.74) is 5.92. The van der Waals surface area contributed by atoms with E-state index < -0.39 is 35.4 Å². The summed E-state index contributed by atoms with van der Waals surface area (Å²) in [5, 5.41) is 38.6. The molecule has 0 radical (unpaired) electrons. The van der Waals surface area contributed by atoms with Crippen LogP contribution in [0.15, 0.2) is 76.9 Å². The number of phenols is 1. The summed E-state index contributed by atoms with van der Waals surface area (Å²) in [5.74, 6) is -0.801. The number of fused-ring (bicyclic) bond motifs is 4. The van der Waals surface area contributed by atoms with E-state index in [-0.39, 0.29) is 85.0 Å². The number of hydrogen-bond acceptors (Lipinski definition) is 18. The van der Waals surface area contributed by atoms with E-state index in [1.54, 1.807) is 40.6 Å². The van der Waals surface area contributed by atoms with E-state index in [2.05, 4.69) is 37.9 Å². The predicted molar refractivity (Wildman–Crippen MR) is 359 cm³/mol. The standard InChI is InChI=1S/C66H81FN12O8S.2C2H6/c1-7-41-10-8-11-44-28-48(80)29-50(56(41)44)58-57(67)59-51(32-69-58)61(78-33-46-17-18-47(34-78)72-46)74-64(73-59)85-27-21-66(6,20-19-45-12-9-22-68-45)36-86-65(84)77-25-23-76(24-26-77)54-31-53(87-75-54)55(38(2)3)63(83)79-35-49(81)30-52(79)62(82)71-39(4)42-13-15-43(16-14-42)60-40(5)70-37-88-60;2*1-2/h8,10-11,13-16,28-29,31-32,37-39,45-47,49,52,55,68,72,80-81H,7,9,12,17-27,30,33-36H2,1-6H3,(H,71,82);2*1-2H3/t39-,45?,46?,47?,49+,52-,55?,66+;;/m0../s1. The van der Waals surface area contributed by atoms with Gasteiger partial charge in [-0.25, -0.2) is 14.2 Å². The quantitative estimate of drug-likeness (QED) is 0.0477. The number of carbonyl (C=O) groups excluding carboxylic acids is 3. The first-order valence-corrected chi connectivity index (χ1v) is 34.3. The van der Waals surface area contributed by atoms with E-state index in [1.807, 2.05) is 115 Å². The van der Waals surface area contributed by atoms with Crippen LogP contribution in [0.25, 0.3) is 43.4 Å². The van der Waals surface area contributed by atoms with Crippen LogP contribution in [-0.4, -0.2) is 159 Å². The number of piperazine rings is 2. The summed E-state index contributed by atoms with van der Waals surface area (Å²) in [4.78, 5) is 69.8. The first-order chi connectivity index (χ1) is 44.5. The van der Waals surface area contributed by atoms with Gasteiger partial charge in [0, 0.05) is 93.6 Å². The minimum Gasteiger partial charge on any atom is -0.508 e. The Bertz CT molecular complexity index is 3650. The number of aliphatic hydroxyl groups excluding tert-OH is 1. The van der Waals surface area contributed by atoms with Gasteiger partial charge in [-0.15, -0.1) is 11.3 Å². The van der Waals surface area contributed by atoms with Crippen molar-refractivity contribution in [3.8, 4) is 33.5 Å². The molecule has 3 aromatic carbocycles. The Labute approximate surface area is 544 Å². The van der Waals surface area contributed by atoms with Crippen molar-refractivity contribution in [2.75, 3.05) is 75.4 Å². The number of β-amino-alcohol motifs (C(OH)–C–C–N with tert-alkyl or cyclic N) is 1. The molecule has 5 fully saturated rings. The Morgan fingerprint density at radius 3 is 2.36 bits per heavy atom. The number of pyridine rings is 1. The zero-order valence-electron chi connectivity index (χ0n) is 55.1. The molecule has 5 saturated heterocycles. The predicted octanol–water partition coefficient (Wildman–Crippen LogP) is 11.5. The van der Waals surface area contributed by atoms with E-state index in [0.717, 1.165) is 83.1 Å². The first kappa shape index (κ1) is 67.4. The molecule has 4 unspecified atom stereocenters.